The average Bonchev–Trinajstić information content (AvgIpc) is 2.63. The van der Waals surface area contributed by atoms with E-state index < -0.39 is 0 Å². The first kappa shape index (κ1) is 9.86. The molecule has 0 aromatic carbocycles. The molecule has 0 atom stereocenters. The van der Waals surface area contributed by atoms with E-state index in [-0.39, 0.29) is 0 Å². The zero-order chi connectivity index (χ0) is 9.80. The van der Waals surface area contributed by atoms with E-state index in [1.54, 1.807) is 0 Å². The highest BCUT2D eigenvalue weighted by atomic mass is 32.1. The molecule has 4 nitrogen and oxygen atoms in total. The summed E-state index contributed by atoms with van der Waals surface area (Å²) >= 11 is 1.50. The Morgan fingerprint density at radius 1 is 1.36 bits per heavy atom. The smallest absolute Gasteiger partial charge is 0.203 e. The van der Waals surface area contributed by atoms with Crippen LogP contribution in [0.5, 0.6) is 0 Å². The molecule has 0 unspecified atom stereocenters. The van der Waals surface area contributed by atoms with Crippen LogP contribution < -0.4 is 5.73 Å². The minimum absolute atomic E-state index is 0.576. The first-order chi connectivity index (χ1) is 6.84. The Bertz CT molecular complexity index is 283. The second-order valence-corrected chi connectivity index (χ2v) is 4.72. The van der Waals surface area contributed by atoms with Crippen LogP contribution in [-0.2, 0) is 11.2 Å². The van der Waals surface area contributed by atoms with Crippen molar-refractivity contribution in [1.29, 1.82) is 0 Å². The van der Waals surface area contributed by atoms with Gasteiger partial charge in [0.2, 0.25) is 5.13 Å². The zero-order valence-electron chi connectivity index (χ0n) is 8.11. The van der Waals surface area contributed by atoms with Crippen molar-refractivity contribution >= 4 is 16.5 Å². The van der Waals surface area contributed by atoms with Crippen molar-refractivity contribution in [3.63, 3.8) is 0 Å². The molecule has 14 heavy (non-hydrogen) atoms. The van der Waals surface area contributed by atoms with E-state index in [4.69, 9.17) is 10.5 Å². The van der Waals surface area contributed by atoms with Crippen LogP contribution in [0.4, 0.5) is 5.13 Å². The number of ether oxygens (including phenoxy) is 1. The molecule has 78 valence electrons. The van der Waals surface area contributed by atoms with E-state index in [1.807, 2.05) is 0 Å². The Hall–Kier alpha value is -0.680. The summed E-state index contributed by atoms with van der Waals surface area (Å²) in [6.07, 6.45) is 4.58. The molecular formula is C9H15N3OS. The lowest BCUT2D eigenvalue weighted by molar-refractivity contribution is 0.0640. The van der Waals surface area contributed by atoms with Gasteiger partial charge in [-0.25, -0.2) is 0 Å². The summed E-state index contributed by atoms with van der Waals surface area (Å²) in [5, 5.41) is 9.45. The molecule has 1 aliphatic heterocycles. The molecular weight excluding hydrogens is 198 g/mol. The Balaban J connectivity index is 1.76. The molecule has 1 fully saturated rings. The lowest BCUT2D eigenvalue weighted by atomic mass is 9.95. The largest absolute Gasteiger partial charge is 0.381 e. The number of hydrogen-bond acceptors (Lipinski definition) is 5. The third kappa shape index (κ3) is 2.65. The normalized spacial score (nSPS) is 18.6. The second kappa shape index (κ2) is 4.70. The van der Waals surface area contributed by atoms with Gasteiger partial charge in [0.25, 0.3) is 0 Å². The number of hydrogen-bond donors (Lipinski definition) is 1. The molecule has 0 radical (unpaired) electrons. The summed E-state index contributed by atoms with van der Waals surface area (Å²) in [7, 11) is 0. The van der Waals surface area contributed by atoms with Crippen LogP contribution in [0.15, 0.2) is 0 Å². The first-order valence-electron chi connectivity index (χ1n) is 5.00. The van der Waals surface area contributed by atoms with Crippen LogP contribution in [0.1, 0.15) is 24.3 Å². The van der Waals surface area contributed by atoms with E-state index in [9.17, 15) is 0 Å². The molecule has 2 rings (SSSR count). The Morgan fingerprint density at radius 3 is 2.79 bits per heavy atom. The summed E-state index contributed by atoms with van der Waals surface area (Å²) in [6.45, 7) is 1.84. The van der Waals surface area contributed by atoms with E-state index in [2.05, 4.69) is 10.2 Å². The number of aromatic nitrogens is 2. The standard InChI is InChI=1S/C9H15N3OS/c10-9-12-11-8(14-9)2-1-7-3-5-13-6-4-7/h7H,1-6H2,(H2,10,12). The van der Waals surface area contributed by atoms with Crippen LogP contribution in [0.3, 0.4) is 0 Å². The SMILES string of the molecule is Nc1nnc(CCC2CCOCC2)s1. The zero-order valence-corrected chi connectivity index (χ0v) is 8.92. The number of aryl methyl sites for hydroxylation is 1. The monoisotopic (exact) mass is 213 g/mol. The molecule has 1 aliphatic rings. The molecule has 5 heteroatoms. The van der Waals surface area contributed by atoms with Crippen LogP contribution in [-0.4, -0.2) is 23.4 Å². The molecule has 0 aliphatic carbocycles. The van der Waals surface area contributed by atoms with Gasteiger partial charge in [0.05, 0.1) is 0 Å². The maximum absolute atomic E-state index is 5.51. The van der Waals surface area contributed by atoms with Crippen LogP contribution >= 0.6 is 11.3 Å². The van der Waals surface area contributed by atoms with Gasteiger partial charge in [0.15, 0.2) is 0 Å². The van der Waals surface area contributed by atoms with Crippen molar-refractivity contribution in [2.75, 3.05) is 18.9 Å². The summed E-state index contributed by atoms with van der Waals surface area (Å²) in [5.74, 6) is 0.800. The van der Waals surface area contributed by atoms with Crippen molar-refractivity contribution in [3.05, 3.63) is 5.01 Å². The Kier molecular flexibility index (Phi) is 3.31. The van der Waals surface area contributed by atoms with E-state index >= 15 is 0 Å². The van der Waals surface area contributed by atoms with Crippen molar-refractivity contribution < 1.29 is 4.74 Å². The lowest BCUT2D eigenvalue weighted by Crippen LogP contribution is -2.16. The van der Waals surface area contributed by atoms with Gasteiger partial charge < -0.3 is 10.5 Å². The Labute approximate surface area is 87.5 Å². The fourth-order valence-electron chi connectivity index (χ4n) is 1.73. The first-order valence-corrected chi connectivity index (χ1v) is 5.82. The fourth-order valence-corrected chi connectivity index (χ4v) is 2.35. The molecule has 1 aromatic rings. The van der Waals surface area contributed by atoms with Crippen molar-refractivity contribution in [2.45, 2.75) is 25.7 Å². The Morgan fingerprint density at radius 2 is 2.14 bits per heavy atom. The highest BCUT2D eigenvalue weighted by molar-refractivity contribution is 7.15. The molecule has 1 aromatic heterocycles. The summed E-state index contributed by atoms with van der Waals surface area (Å²) in [4.78, 5) is 0. The van der Waals surface area contributed by atoms with Gasteiger partial charge in [0, 0.05) is 19.6 Å². The second-order valence-electron chi connectivity index (χ2n) is 3.63. The summed E-state index contributed by atoms with van der Waals surface area (Å²) in [6, 6.07) is 0. The highest BCUT2D eigenvalue weighted by Crippen LogP contribution is 2.22. The van der Waals surface area contributed by atoms with Crippen LogP contribution in [0.25, 0.3) is 0 Å². The van der Waals surface area contributed by atoms with Crippen molar-refractivity contribution in [1.82, 2.24) is 10.2 Å². The minimum atomic E-state index is 0.576. The number of rotatable bonds is 3. The minimum Gasteiger partial charge on any atom is -0.381 e. The molecule has 2 N–H and O–H groups in total. The molecule has 0 amide bonds. The third-order valence-corrected chi connectivity index (χ3v) is 3.40. The predicted octanol–water partition coefficient (Wildman–Crippen LogP) is 1.48. The summed E-state index contributed by atoms with van der Waals surface area (Å²) in [5.41, 5.74) is 5.51. The summed E-state index contributed by atoms with van der Waals surface area (Å²) < 4.78 is 5.31. The van der Waals surface area contributed by atoms with Gasteiger partial charge in [-0.15, -0.1) is 10.2 Å². The van der Waals surface area contributed by atoms with Gasteiger partial charge in [-0.2, -0.15) is 0 Å². The van der Waals surface area contributed by atoms with Crippen LogP contribution in [0, 0.1) is 5.92 Å². The molecule has 0 saturated carbocycles. The molecule has 0 spiro atoms. The average molecular weight is 213 g/mol. The van der Waals surface area contributed by atoms with Gasteiger partial charge in [0.1, 0.15) is 5.01 Å². The van der Waals surface area contributed by atoms with Gasteiger partial charge in [-0.1, -0.05) is 11.3 Å². The van der Waals surface area contributed by atoms with Crippen molar-refractivity contribution in [3.8, 4) is 0 Å². The maximum atomic E-state index is 5.51. The topological polar surface area (TPSA) is 61.0 Å². The van der Waals surface area contributed by atoms with E-state index in [1.165, 1.54) is 30.6 Å². The van der Waals surface area contributed by atoms with E-state index in [0.29, 0.717) is 5.13 Å². The predicted molar refractivity (Wildman–Crippen MR) is 56.2 cm³/mol. The molecule has 1 saturated heterocycles. The molecule has 0 bridgehead atoms. The molecule has 2 heterocycles. The fraction of sp³-hybridized carbons (Fsp3) is 0.778. The quantitative estimate of drug-likeness (QED) is 0.826. The number of nitrogens with two attached hydrogens (primary N) is 1. The van der Waals surface area contributed by atoms with E-state index in [0.717, 1.165) is 30.6 Å². The maximum Gasteiger partial charge on any atom is 0.203 e. The number of anilines is 1. The van der Waals surface area contributed by atoms with Gasteiger partial charge >= 0.3 is 0 Å². The highest BCUT2D eigenvalue weighted by Gasteiger charge is 2.14. The number of nitrogens with zero attached hydrogens (tertiary/aromatic N) is 2. The number of nitrogen functional groups attached to an aromatic ring is 1. The van der Waals surface area contributed by atoms with Crippen LogP contribution in [0.2, 0.25) is 0 Å². The lowest BCUT2D eigenvalue weighted by Gasteiger charge is -2.21. The third-order valence-electron chi connectivity index (χ3n) is 2.59. The van der Waals surface area contributed by atoms with Gasteiger partial charge in [-0.05, 0) is 25.2 Å². The van der Waals surface area contributed by atoms with Gasteiger partial charge in [-0.3, -0.25) is 0 Å². The van der Waals surface area contributed by atoms with Crippen molar-refractivity contribution in [2.24, 2.45) is 5.92 Å².